The van der Waals surface area contributed by atoms with Crippen LogP contribution in [0.25, 0.3) is 0 Å². The standard InChI is InChI=1S/C13H16ClFO/c1-2-9-6-10(7-9)16-8-11-12(14)4-3-5-13(11)15/h3-5,9-10H,2,6-8H2,1H3. The SMILES string of the molecule is CCC1CC(OCc2c(F)cccc2Cl)C1. The van der Waals surface area contributed by atoms with E-state index in [0.717, 1.165) is 18.8 Å². The lowest BCUT2D eigenvalue weighted by Crippen LogP contribution is -2.30. The number of rotatable bonds is 4. The van der Waals surface area contributed by atoms with Gasteiger partial charge in [0, 0.05) is 10.6 Å². The lowest BCUT2D eigenvalue weighted by Gasteiger charge is -2.34. The molecule has 2 rings (SSSR count). The van der Waals surface area contributed by atoms with E-state index in [2.05, 4.69) is 6.92 Å². The second-order valence-electron chi connectivity index (χ2n) is 4.38. The second kappa shape index (κ2) is 5.15. The first-order valence-corrected chi connectivity index (χ1v) is 6.13. The van der Waals surface area contributed by atoms with Gasteiger partial charge in [0.1, 0.15) is 5.82 Å². The molecule has 0 saturated heterocycles. The van der Waals surface area contributed by atoms with E-state index in [4.69, 9.17) is 16.3 Å². The summed E-state index contributed by atoms with van der Waals surface area (Å²) in [5.74, 6) is 0.514. The van der Waals surface area contributed by atoms with Crippen LogP contribution in [0.2, 0.25) is 5.02 Å². The molecule has 3 heteroatoms. The Bertz CT molecular complexity index is 341. The van der Waals surface area contributed by atoms with Gasteiger partial charge >= 0.3 is 0 Å². The van der Waals surface area contributed by atoms with Crippen LogP contribution >= 0.6 is 11.6 Å². The van der Waals surface area contributed by atoms with Crippen LogP contribution in [0, 0.1) is 11.7 Å². The van der Waals surface area contributed by atoms with Crippen molar-refractivity contribution in [1.82, 2.24) is 0 Å². The van der Waals surface area contributed by atoms with Crippen LogP contribution in [0.1, 0.15) is 31.7 Å². The van der Waals surface area contributed by atoms with E-state index in [-0.39, 0.29) is 12.4 Å². The second-order valence-corrected chi connectivity index (χ2v) is 4.79. The highest BCUT2D eigenvalue weighted by atomic mass is 35.5. The smallest absolute Gasteiger partial charge is 0.130 e. The van der Waals surface area contributed by atoms with Crippen molar-refractivity contribution in [2.45, 2.75) is 38.9 Å². The van der Waals surface area contributed by atoms with Gasteiger partial charge in [0.25, 0.3) is 0 Å². The summed E-state index contributed by atoms with van der Waals surface area (Å²) < 4.78 is 19.0. The molecule has 1 aromatic carbocycles. The first-order valence-electron chi connectivity index (χ1n) is 5.75. The van der Waals surface area contributed by atoms with Crippen molar-refractivity contribution >= 4 is 11.6 Å². The van der Waals surface area contributed by atoms with Crippen molar-refractivity contribution < 1.29 is 9.13 Å². The highest BCUT2D eigenvalue weighted by Gasteiger charge is 2.28. The van der Waals surface area contributed by atoms with Crippen molar-refractivity contribution in [1.29, 1.82) is 0 Å². The van der Waals surface area contributed by atoms with Gasteiger partial charge in [0.2, 0.25) is 0 Å². The molecule has 0 amide bonds. The highest BCUT2D eigenvalue weighted by Crippen LogP contribution is 2.33. The lowest BCUT2D eigenvalue weighted by atomic mass is 9.80. The summed E-state index contributed by atoms with van der Waals surface area (Å²) in [5.41, 5.74) is 0.476. The van der Waals surface area contributed by atoms with Crippen LogP contribution in [0.15, 0.2) is 18.2 Å². The number of benzene rings is 1. The van der Waals surface area contributed by atoms with Crippen LogP contribution < -0.4 is 0 Å². The normalized spacial score (nSPS) is 24.2. The Morgan fingerprint density at radius 1 is 1.44 bits per heavy atom. The fourth-order valence-electron chi connectivity index (χ4n) is 2.02. The van der Waals surface area contributed by atoms with Crippen LogP contribution in [-0.4, -0.2) is 6.10 Å². The van der Waals surface area contributed by atoms with Gasteiger partial charge in [-0.3, -0.25) is 0 Å². The van der Waals surface area contributed by atoms with E-state index in [1.54, 1.807) is 12.1 Å². The molecule has 0 spiro atoms. The molecule has 0 N–H and O–H groups in total. The molecular weight excluding hydrogens is 227 g/mol. The Morgan fingerprint density at radius 3 is 2.81 bits per heavy atom. The summed E-state index contributed by atoms with van der Waals surface area (Å²) >= 11 is 5.91. The molecule has 1 fully saturated rings. The number of ether oxygens (including phenoxy) is 1. The Morgan fingerprint density at radius 2 is 2.19 bits per heavy atom. The summed E-state index contributed by atoms with van der Waals surface area (Å²) in [6.07, 6.45) is 3.70. The van der Waals surface area contributed by atoms with E-state index >= 15 is 0 Å². The molecule has 0 aliphatic heterocycles. The van der Waals surface area contributed by atoms with Crippen molar-refractivity contribution in [3.05, 3.63) is 34.6 Å². The Hall–Kier alpha value is -0.600. The van der Waals surface area contributed by atoms with Crippen molar-refractivity contribution in [2.24, 2.45) is 5.92 Å². The quantitative estimate of drug-likeness (QED) is 0.770. The van der Waals surface area contributed by atoms with E-state index in [1.165, 1.54) is 12.5 Å². The molecule has 1 saturated carbocycles. The predicted octanol–water partition coefficient (Wildman–Crippen LogP) is 4.18. The molecule has 0 radical (unpaired) electrons. The molecule has 0 heterocycles. The fraction of sp³-hybridized carbons (Fsp3) is 0.538. The van der Waals surface area contributed by atoms with Gasteiger partial charge in [-0.05, 0) is 30.9 Å². The average Bonchev–Trinajstić information content (AvgIpc) is 2.19. The lowest BCUT2D eigenvalue weighted by molar-refractivity contribution is -0.0416. The zero-order valence-corrected chi connectivity index (χ0v) is 10.1. The third-order valence-corrected chi connectivity index (χ3v) is 3.65. The zero-order chi connectivity index (χ0) is 11.5. The first-order chi connectivity index (χ1) is 7.70. The summed E-state index contributed by atoms with van der Waals surface area (Å²) in [6.45, 7) is 2.47. The molecular formula is C13H16ClFO. The molecule has 1 nitrogen and oxygen atoms in total. The zero-order valence-electron chi connectivity index (χ0n) is 9.38. The Kier molecular flexibility index (Phi) is 3.82. The van der Waals surface area contributed by atoms with Crippen LogP contribution in [0.5, 0.6) is 0 Å². The van der Waals surface area contributed by atoms with Gasteiger partial charge in [-0.15, -0.1) is 0 Å². The Balaban J connectivity index is 1.86. The van der Waals surface area contributed by atoms with Gasteiger partial charge < -0.3 is 4.74 Å². The topological polar surface area (TPSA) is 9.23 Å². The number of hydrogen-bond donors (Lipinski definition) is 0. The highest BCUT2D eigenvalue weighted by molar-refractivity contribution is 6.31. The molecule has 0 aromatic heterocycles. The summed E-state index contributed by atoms with van der Waals surface area (Å²) in [4.78, 5) is 0. The minimum absolute atomic E-state index is 0.279. The monoisotopic (exact) mass is 242 g/mol. The summed E-state index contributed by atoms with van der Waals surface area (Å²) in [6, 6.07) is 4.72. The Labute approximate surface area is 101 Å². The average molecular weight is 243 g/mol. The van der Waals surface area contributed by atoms with E-state index in [9.17, 15) is 4.39 Å². The van der Waals surface area contributed by atoms with Crippen molar-refractivity contribution in [3.8, 4) is 0 Å². The number of hydrogen-bond acceptors (Lipinski definition) is 1. The molecule has 0 unspecified atom stereocenters. The third-order valence-electron chi connectivity index (χ3n) is 3.29. The van der Waals surface area contributed by atoms with E-state index < -0.39 is 0 Å². The molecule has 1 aliphatic carbocycles. The maximum atomic E-state index is 13.4. The molecule has 1 aliphatic rings. The van der Waals surface area contributed by atoms with Crippen LogP contribution in [0.4, 0.5) is 4.39 Å². The molecule has 16 heavy (non-hydrogen) atoms. The van der Waals surface area contributed by atoms with Crippen LogP contribution in [-0.2, 0) is 11.3 Å². The minimum Gasteiger partial charge on any atom is -0.373 e. The van der Waals surface area contributed by atoms with E-state index in [0.29, 0.717) is 16.7 Å². The summed E-state index contributed by atoms with van der Waals surface area (Å²) in [7, 11) is 0. The van der Waals surface area contributed by atoms with Crippen molar-refractivity contribution in [2.75, 3.05) is 0 Å². The fourth-order valence-corrected chi connectivity index (χ4v) is 2.23. The third kappa shape index (κ3) is 2.55. The van der Waals surface area contributed by atoms with E-state index in [1.807, 2.05) is 0 Å². The largest absolute Gasteiger partial charge is 0.373 e. The molecule has 1 aromatic rings. The summed E-state index contributed by atoms with van der Waals surface area (Å²) in [5, 5.41) is 0.450. The van der Waals surface area contributed by atoms with Gasteiger partial charge in [0.15, 0.2) is 0 Å². The predicted molar refractivity (Wildman–Crippen MR) is 63.0 cm³/mol. The molecule has 0 atom stereocenters. The number of halogens is 2. The van der Waals surface area contributed by atoms with Gasteiger partial charge in [0.05, 0.1) is 12.7 Å². The maximum absolute atomic E-state index is 13.4. The first kappa shape index (κ1) is 11.9. The van der Waals surface area contributed by atoms with Crippen molar-refractivity contribution in [3.63, 3.8) is 0 Å². The minimum atomic E-state index is -0.279. The van der Waals surface area contributed by atoms with Gasteiger partial charge in [-0.2, -0.15) is 0 Å². The van der Waals surface area contributed by atoms with Gasteiger partial charge in [-0.1, -0.05) is 31.0 Å². The van der Waals surface area contributed by atoms with Crippen LogP contribution in [0.3, 0.4) is 0 Å². The maximum Gasteiger partial charge on any atom is 0.130 e. The molecule has 0 bridgehead atoms. The molecule has 88 valence electrons. The van der Waals surface area contributed by atoms with Gasteiger partial charge in [-0.25, -0.2) is 4.39 Å².